The number of anilines is 1. The van der Waals surface area contributed by atoms with E-state index < -0.39 is 0 Å². The zero-order valence-corrected chi connectivity index (χ0v) is 12.1. The third kappa shape index (κ3) is 3.95. The van der Waals surface area contributed by atoms with Crippen LogP contribution in [0.4, 0.5) is 10.1 Å². The summed E-state index contributed by atoms with van der Waals surface area (Å²) < 4.78 is 12.8. The van der Waals surface area contributed by atoms with Gasteiger partial charge >= 0.3 is 0 Å². The maximum atomic E-state index is 12.8. The van der Waals surface area contributed by atoms with Crippen LogP contribution < -0.4 is 5.32 Å². The quantitative estimate of drug-likeness (QED) is 0.895. The van der Waals surface area contributed by atoms with Crippen LogP contribution in [0.2, 0.25) is 0 Å². The summed E-state index contributed by atoms with van der Waals surface area (Å²) in [6.07, 6.45) is 5.02. The lowest BCUT2D eigenvalue weighted by atomic mass is 9.99. The summed E-state index contributed by atoms with van der Waals surface area (Å²) >= 11 is 0. The molecule has 1 N–H and O–H groups in total. The van der Waals surface area contributed by atoms with Crippen molar-refractivity contribution in [2.24, 2.45) is 0 Å². The van der Waals surface area contributed by atoms with Crippen LogP contribution in [0.25, 0.3) is 0 Å². The highest BCUT2D eigenvalue weighted by molar-refractivity contribution is 5.77. The Morgan fingerprint density at radius 1 is 1.35 bits per heavy atom. The van der Waals surface area contributed by atoms with Gasteiger partial charge in [0.1, 0.15) is 5.82 Å². The molecule has 1 saturated heterocycles. The number of piperidine rings is 1. The number of benzene rings is 1. The second-order valence-corrected chi connectivity index (χ2v) is 5.33. The number of hydrogen-bond donors (Lipinski definition) is 1. The molecule has 1 aromatic carbocycles. The van der Waals surface area contributed by atoms with Crippen LogP contribution in [0, 0.1) is 5.82 Å². The van der Waals surface area contributed by atoms with Crippen molar-refractivity contribution >= 4 is 11.6 Å². The molecule has 1 amide bonds. The molecular weight excluding hydrogens is 255 g/mol. The minimum Gasteiger partial charge on any atom is -0.385 e. The van der Waals surface area contributed by atoms with Gasteiger partial charge in [-0.1, -0.05) is 6.92 Å². The predicted molar refractivity (Wildman–Crippen MR) is 79.1 cm³/mol. The van der Waals surface area contributed by atoms with Crippen LogP contribution in [-0.4, -0.2) is 29.9 Å². The molecule has 0 bridgehead atoms. The Kier molecular flexibility index (Phi) is 5.39. The molecule has 1 fully saturated rings. The number of likely N-dealkylation sites (tertiary alicyclic amines) is 1. The summed E-state index contributed by atoms with van der Waals surface area (Å²) in [6.45, 7) is 3.64. The van der Waals surface area contributed by atoms with Gasteiger partial charge in [0, 0.05) is 31.2 Å². The van der Waals surface area contributed by atoms with E-state index in [2.05, 4.69) is 12.2 Å². The fourth-order valence-corrected chi connectivity index (χ4v) is 2.78. The van der Waals surface area contributed by atoms with Crippen molar-refractivity contribution in [1.82, 2.24) is 4.90 Å². The first-order chi connectivity index (χ1) is 9.70. The first-order valence-corrected chi connectivity index (χ1v) is 7.49. The normalized spacial score (nSPS) is 18.9. The first kappa shape index (κ1) is 14.8. The van der Waals surface area contributed by atoms with Crippen LogP contribution in [-0.2, 0) is 4.79 Å². The lowest BCUT2D eigenvalue weighted by molar-refractivity contribution is -0.134. The van der Waals surface area contributed by atoms with Crippen LogP contribution in [0.5, 0.6) is 0 Å². The van der Waals surface area contributed by atoms with Crippen LogP contribution in [0.1, 0.15) is 39.0 Å². The van der Waals surface area contributed by atoms with Gasteiger partial charge in [-0.25, -0.2) is 4.39 Å². The lowest BCUT2D eigenvalue weighted by Gasteiger charge is -2.35. The number of rotatable bonds is 5. The van der Waals surface area contributed by atoms with Gasteiger partial charge in [0.25, 0.3) is 0 Å². The Labute approximate surface area is 120 Å². The lowest BCUT2D eigenvalue weighted by Crippen LogP contribution is -2.43. The summed E-state index contributed by atoms with van der Waals surface area (Å²) in [6, 6.07) is 6.64. The number of carbonyl (C=O) groups is 1. The van der Waals surface area contributed by atoms with Gasteiger partial charge < -0.3 is 10.2 Å². The monoisotopic (exact) mass is 278 g/mol. The number of carbonyl (C=O) groups excluding carboxylic acids is 1. The van der Waals surface area contributed by atoms with E-state index in [1.165, 1.54) is 18.6 Å². The van der Waals surface area contributed by atoms with Crippen LogP contribution in [0.15, 0.2) is 24.3 Å². The van der Waals surface area contributed by atoms with Gasteiger partial charge in [-0.3, -0.25) is 4.79 Å². The highest BCUT2D eigenvalue weighted by Gasteiger charge is 2.24. The van der Waals surface area contributed by atoms with E-state index >= 15 is 0 Å². The maximum absolute atomic E-state index is 12.8. The van der Waals surface area contributed by atoms with Crippen molar-refractivity contribution in [3.8, 4) is 0 Å². The Bertz CT molecular complexity index is 433. The van der Waals surface area contributed by atoms with Crippen molar-refractivity contribution in [3.63, 3.8) is 0 Å². The summed E-state index contributed by atoms with van der Waals surface area (Å²) in [4.78, 5) is 14.3. The zero-order valence-electron chi connectivity index (χ0n) is 12.1. The predicted octanol–water partition coefficient (Wildman–Crippen LogP) is 3.42. The number of nitrogens with zero attached hydrogens (tertiary/aromatic N) is 1. The van der Waals surface area contributed by atoms with E-state index in [4.69, 9.17) is 0 Å². The largest absolute Gasteiger partial charge is 0.385 e. The Hall–Kier alpha value is -1.58. The van der Waals surface area contributed by atoms with E-state index in [0.29, 0.717) is 19.0 Å². The Balaban J connectivity index is 1.78. The average molecular weight is 278 g/mol. The van der Waals surface area contributed by atoms with E-state index in [0.717, 1.165) is 31.5 Å². The zero-order chi connectivity index (χ0) is 14.4. The SMILES string of the molecule is CCC1CCCCN1C(=O)CCNc1ccc(F)cc1. The highest BCUT2D eigenvalue weighted by Crippen LogP contribution is 2.20. The molecule has 20 heavy (non-hydrogen) atoms. The highest BCUT2D eigenvalue weighted by atomic mass is 19.1. The minimum atomic E-state index is -0.245. The van der Waals surface area contributed by atoms with Gasteiger partial charge in [0.2, 0.25) is 5.91 Å². The molecule has 1 unspecified atom stereocenters. The molecule has 1 aromatic rings. The Morgan fingerprint density at radius 2 is 2.10 bits per heavy atom. The average Bonchev–Trinajstić information content (AvgIpc) is 2.49. The summed E-state index contributed by atoms with van der Waals surface area (Å²) in [5.74, 6) is -0.0168. The number of nitrogens with one attached hydrogen (secondary N) is 1. The maximum Gasteiger partial charge on any atom is 0.224 e. The van der Waals surface area contributed by atoms with Crippen molar-refractivity contribution in [1.29, 1.82) is 0 Å². The molecule has 0 radical (unpaired) electrons. The van der Waals surface area contributed by atoms with E-state index in [1.807, 2.05) is 4.90 Å². The second kappa shape index (κ2) is 7.27. The minimum absolute atomic E-state index is 0.228. The smallest absolute Gasteiger partial charge is 0.224 e. The van der Waals surface area contributed by atoms with Crippen molar-refractivity contribution < 1.29 is 9.18 Å². The third-order valence-electron chi connectivity index (χ3n) is 3.93. The van der Waals surface area contributed by atoms with Gasteiger partial charge in [-0.15, -0.1) is 0 Å². The number of hydrogen-bond acceptors (Lipinski definition) is 2. The third-order valence-corrected chi connectivity index (χ3v) is 3.93. The molecule has 1 atom stereocenters. The summed E-state index contributed by atoms with van der Waals surface area (Å²) in [5, 5.41) is 3.16. The molecule has 2 rings (SSSR count). The molecule has 1 heterocycles. The van der Waals surface area contributed by atoms with Crippen molar-refractivity contribution in [3.05, 3.63) is 30.1 Å². The molecule has 0 aliphatic carbocycles. The molecular formula is C16H23FN2O. The van der Waals surface area contributed by atoms with Crippen LogP contribution >= 0.6 is 0 Å². The van der Waals surface area contributed by atoms with E-state index in [1.54, 1.807) is 12.1 Å². The van der Waals surface area contributed by atoms with Crippen molar-refractivity contribution in [2.45, 2.75) is 45.1 Å². The molecule has 3 nitrogen and oxygen atoms in total. The second-order valence-electron chi connectivity index (χ2n) is 5.33. The molecule has 4 heteroatoms. The van der Waals surface area contributed by atoms with Gasteiger partial charge in [0.15, 0.2) is 0 Å². The van der Waals surface area contributed by atoms with Gasteiger partial charge in [-0.05, 0) is 49.9 Å². The number of halogens is 1. The van der Waals surface area contributed by atoms with Gasteiger partial charge in [-0.2, -0.15) is 0 Å². The van der Waals surface area contributed by atoms with E-state index in [9.17, 15) is 9.18 Å². The van der Waals surface area contributed by atoms with E-state index in [-0.39, 0.29) is 11.7 Å². The summed E-state index contributed by atoms with van der Waals surface area (Å²) in [7, 11) is 0. The van der Waals surface area contributed by atoms with Crippen molar-refractivity contribution in [2.75, 3.05) is 18.4 Å². The standard InChI is InChI=1S/C16H23FN2O/c1-2-15-5-3-4-12-19(15)16(20)10-11-18-14-8-6-13(17)7-9-14/h6-9,15,18H,2-5,10-12H2,1H3. The fourth-order valence-electron chi connectivity index (χ4n) is 2.78. The fraction of sp³-hybridized carbons (Fsp3) is 0.562. The summed E-state index contributed by atoms with van der Waals surface area (Å²) in [5.41, 5.74) is 0.852. The molecule has 1 aliphatic rings. The first-order valence-electron chi connectivity index (χ1n) is 7.49. The Morgan fingerprint density at radius 3 is 2.80 bits per heavy atom. The van der Waals surface area contributed by atoms with Gasteiger partial charge in [0.05, 0.1) is 0 Å². The van der Waals surface area contributed by atoms with Crippen LogP contribution in [0.3, 0.4) is 0 Å². The molecule has 0 saturated carbocycles. The molecule has 0 aromatic heterocycles. The topological polar surface area (TPSA) is 32.3 Å². The molecule has 1 aliphatic heterocycles. The molecule has 110 valence electrons. The number of amides is 1. The molecule has 0 spiro atoms.